The van der Waals surface area contributed by atoms with Crippen LogP contribution < -0.4 is 0 Å². The van der Waals surface area contributed by atoms with Crippen molar-refractivity contribution in [2.45, 2.75) is 117 Å². The van der Waals surface area contributed by atoms with Crippen molar-refractivity contribution in [2.75, 3.05) is 0 Å². The van der Waals surface area contributed by atoms with E-state index in [-0.39, 0.29) is 23.9 Å². The molecule has 0 spiro atoms. The molecule has 0 aromatic carbocycles. The summed E-state index contributed by atoms with van der Waals surface area (Å²) >= 11 is 0. The maximum Gasteiger partial charge on any atom is 0.309 e. The Hall–Kier alpha value is -1.06. The summed E-state index contributed by atoms with van der Waals surface area (Å²) in [6.07, 6.45) is 14.8. The van der Waals surface area contributed by atoms with Crippen molar-refractivity contribution in [3.63, 3.8) is 0 Å². The van der Waals surface area contributed by atoms with Gasteiger partial charge in [0.1, 0.15) is 6.10 Å². The zero-order chi connectivity index (χ0) is 20.1. The van der Waals surface area contributed by atoms with Crippen molar-refractivity contribution in [2.24, 2.45) is 17.8 Å². The number of unbranched alkanes of at least 4 members (excludes halogenated alkanes) is 7. The quantitative estimate of drug-likeness (QED) is 0.280. The highest BCUT2D eigenvalue weighted by Crippen LogP contribution is 2.31. The highest BCUT2D eigenvalue weighted by atomic mass is 16.5. The van der Waals surface area contributed by atoms with Crippen LogP contribution in [0.25, 0.3) is 0 Å². The Morgan fingerprint density at radius 2 is 1.56 bits per heavy atom. The van der Waals surface area contributed by atoms with Crippen molar-refractivity contribution < 1.29 is 19.4 Å². The lowest BCUT2D eigenvalue weighted by molar-refractivity contribution is -0.158. The van der Waals surface area contributed by atoms with Crippen LogP contribution in [-0.4, -0.2) is 23.1 Å². The molecular weight excluding hydrogens is 340 g/mol. The first-order valence-corrected chi connectivity index (χ1v) is 11.4. The highest BCUT2D eigenvalue weighted by molar-refractivity contribution is 5.75. The Kier molecular flexibility index (Phi) is 12.4. The first-order valence-electron chi connectivity index (χ1n) is 11.4. The Bertz CT molecular complexity index is 419. The van der Waals surface area contributed by atoms with Crippen molar-refractivity contribution in [3.05, 3.63) is 0 Å². The first-order chi connectivity index (χ1) is 12.9. The molecule has 0 bridgehead atoms. The molecule has 1 fully saturated rings. The Labute approximate surface area is 166 Å². The molecule has 0 heterocycles. The summed E-state index contributed by atoms with van der Waals surface area (Å²) < 4.78 is 5.86. The number of esters is 1. The molecule has 4 nitrogen and oxygen atoms in total. The molecule has 3 unspecified atom stereocenters. The van der Waals surface area contributed by atoms with E-state index in [9.17, 15) is 14.7 Å². The molecule has 1 N–H and O–H groups in total. The number of carboxylic acids is 1. The first kappa shape index (κ1) is 24.0. The molecule has 0 radical (unpaired) electrons. The molecule has 158 valence electrons. The van der Waals surface area contributed by atoms with Gasteiger partial charge in [-0.3, -0.25) is 9.59 Å². The Balaban J connectivity index is 2.33. The topological polar surface area (TPSA) is 63.6 Å². The molecular formula is C23H42O4. The lowest BCUT2D eigenvalue weighted by Gasteiger charge is -2.28. The van der Waals surface area contributed by atoms with E-state index in [1.54, 1.807) is 0 Å². The third-order valence-corrected chi connectivity index (χ3v) is 5.75. The van der Waals surface area contributed by atoms with Gasteiger partial charge in [-0.05, 0) is 44.4 Å². The van der Waals surface area contributed by atoms with E-state index in [1.165, 1.54) is 44.9 Å². The van der Waals surface area contributed by atoms with Crippen molar-refractivity contribution in [3.8, 4) is 0 Å². The maximum absolute atomic E-state index is 12.6. The molecule has 0 amide bonds. The van der Waals surface area contributed by atoms with Crippen molar-refractivity contribution in [1.29, 1.82) is 0 Å². The fourth-order valence-electron chi connectivity index (χ4n) is 4.15. The smallest absolute Gasteiger partial charge is 0.309 e. The van der Waals surface area contributed by atoms with Gasteiger partial charge < -0.3 is 9.84 Å². The zero-order valence-electron chi connectivity index (χ0n) is 17.9. The van der Waals surface area contributed by atoms with Crippen LogP contribution in [0.2, 0.25) is 0 Å². The van der Waals surface area contributed by atoms with Gasteiger partial charge in [-0.2, -0.15) is 0 Å². The number of carbonyl (C=O) groups is 2. The molecule has 4 heteroatoms. The van der Waals surface area contributed by atoms with E-state index in [4.69, 9.17) is 4.74 Å². The van der Waals surface area contributed by atoms with E-state index < -0.39 is 5.97 Å². The van der Waals surface area contributed by atoms with E-state index in [0.717, 1.165) is 32.1 Å². The average Bonchev–Trinajstić information content (AvgIpc) is 2.63. The summed E-state index contributed by atoms with van der Waals surface area (Å²) in [6.45, 7) is 6.57. The third kappa shape index (κ3) is 10.8. The third-order valence-electron chi connectivity index (χ3n) is 5.75. The number of ether oxygens (including phenoxy) is 1. The molecule has 1 aliphatic carbocycles. The van der Waals surface area contributed by atoms with E-state index >= 15 is 0 Å². The normalized spacial score (nSPS) is 21.2. The predicted molar refractivity (Wildman–Crippen MR) is 110 cm³/mol. The van der Waals surface area contributed by atoms with Gasteiger partial charge in [-0.15, -0.1) is 0 Å². The number of rotatable bonds is 14. The summed E-state index contributed by atoms with van der Waals surface area (Å²) in [5, 5.41) is 9.22. The molecule has 0 aromatic rings. The van der Waals surface area contributed by atoms with Crippen LogP contribution in [0.1, 0.15) is 111 Å². The summed E-state index contributed by atoms with van der Waals surface area (Å²) in [4.78, 5) is 23.8. The van der Waals surface area contributed by atoms with Crippen LogP contribution in [-0.2, 0) is 14.3 Å². The van der Waals surface area contributed by atoms with Gasteiger partial charge in [-0.1, -0.05) is 72.1 Å². The summed E-state index contributed by atoms with van der Waals surface area (Å²) in [7, 11) is 0. The molecule has 27 heavy (non-hydrogen) atoms. The second-order valence-electron chi connectivity index (χ2n) is 8.85. The lowest BCUT2D eigenvalue weighted by atomic mass is 9.81. The molecule has 3 atom stereocenters. The van der Waals surface area contributed by atoms with Crippen LogP contribution in [0, 0.1) is 17.8 Å². The van der Waals surface area contributed by atoms with Crippen LogP contribution in [0.3, 0.4) is 0 Å². The summed E-state index contributed by atoms with van der Waals surface area (Å²) in [6, 6.07) is 0. The van der Waals surface area contributed by atoms with Gasteiger partial charge in [0.2, 0.25) is 0 Å². The molecule has 1 saturated carbocycles. The molecule has 1 aliphatic rings. The van der Waals surface area contributed by atoms with Gasteiger partial charge in [-0.25, -0.2) is 0 Å². The van der Waals surface area contributed by atoms with Gasteiger partial charge in [0, 0.05) is 0 Å². The number of hydrogen-bond acceptors (Lipinski definition) is 3. The number of carboxylic acid groups (broad SMARTS) is 1. The second kappa shape index (κ2) is 14.0. The van der Waals surface area contributed by atoms with Gasteiger partial charge in [0.25, 0.3) is 0 Å². The van der Waals surface area contributed by atoms with Crippen LogP contribution in [0.5, 0.6) is 0 Å². The number of aliphatic carboxylic acids is 1. The predicted octanol–water partition coefficient (Wildman–Crippen LogP) is 6.37. The molecule has 0 saturated heterocycles. The monoisotopic (exact) mass is 382 g/mol. The largest absolute Gasteiger partial charge is 0.481 e. The standard InChI is InChI=1S/C23H42O4/c1-4-5-6-7-8-9-10-11-15-21(16-18(2)3)27-23(26)20-14-12-13-19(17-20)22(24)25/h18-21H,4-17H2,1-3H3,(H,24,25). The number of carbonyl (C=O) groups excluding carboxylic acids is 1. The van der Waals surface area contributed by atoms with E-state index in [0.29, 0.717) is 18.8 Å². The van der Waals surface area contributed by atoms with Crippen molar-refractivity contribution >= 4 is 11.9 Å². The Morgan fingerprint density at radius 3 is 2.15 bits per heavy atom. The molecule has 0 aromatic heterocycles. The van der Waals surface area contributed by atoms with E-state index in [2.05, 4.69) is 20.8 Å². The average molecular weight is 383 g/mol. The van der Waals surface area contributed by atoms with Gasteiger partial charge in [0.15, 0.2) is 0 Å². The Morgan fingerprint density at radius 1 is 0.963 bits per heavy atom. The number of hydrogen-bond donors (Lipinski definition) is 1. The minimum Gasteiger partial charge on any atom is -0.481 e. The minimum atomic E-state index is -0.773. The fraction of sp³-hybridized carbons (Fsp3) is 0.913. The van der Waals surface area contributed by atoms with Crippen LogP contribution in [0.15, 0.2) is 0 Å². The van der Waals surface area contributed by atoms with E-state index in [1.807, 2.05) is 0 Å². The second-order valence-corrected chi connectivity index (χ2v) is 8.85. The maximum atomic E-state index is 12.6. The summed E-state index contributed by atoms with van der Waals surface area (Å²) in [5.41, 5.74) is 0. The SMILES string of the molecule is CCCCCCCCCCC(CC(C)C)OC(=O)C1CCCC(C(=O)O)C1. The molecule has 0 aliphatic heterocycles. The molecule has 1 rings (SSSR count). The van der Waals surface area contributed by atoms with Gasteiger partial charge in [0.05, 0.1) is 11.8 Å². The lowest BCUT2D eigenvalue weighted by Crippen LogP contribution is -2.31. The minimum absolute atomic E-state index is 0.0113. The van der Waals surface area contributed by atoms with Crippen LogP contribution in [0.4, 0.5) is 0 Å². The van der Waals surface area contributed by atoms with Gasteiger partial charge >= 0.3 is 11.9 Å². The highest BCUT2D eigenvalue weighted by Gasteiger charge is 2.33. The van der Waals surface area contributed by atoms with Crippen molar-refractivity contribution in [1.82, 2.24) is 0 Å². The van der Waals surface area contributed by atoms with Crippen LogP contribution >= 0.6 is 0 Å². The summed E-state index contributed by atoms with van der Waals surface area (Å²) in [5.74, 6) is -1.05. The fourth-order valence-corrected chi connectivity index (χ4v) is 4.15. The zero-order valence-corrected chi connectivity index (χ0v) is 17.9.